The number of rotatable bonds is 8. The lowest BCUT2D eigenvalue weighted by Crippen LogP contribution is -2.14. The highest BCUT2D eigenvalue weighted by atomic mass is 35.5. The number of halogens is 2. The van der Waals surface area contributed by atoms with E-state index in [0.717, 1.165) is 10.5 Å². The largest absolute Gasteiger partial charge is 0.497 e. The van der Waals surface area contributed by atoms with Crippen molar-refractivity contribution in [2.24, 2.45) is 0 Å². The zero-order chi connectivity index (χ0) is 24.8. The van der Waals surface area contributed by atoms with Crippen LogP contribution in [0.15, 0.2) is 77.0 Å². The summed E-state index contributed by atoms with van der Waals surface area (Å²) in [6, 6.07) is 19.4. The molecule has 10 heteroatoms. The van der Waals surface area contributed by atoms with Crippen LogP contribution in [0.4, 0.5) is 10.8 Å². The summed E-state index contributed by atoms with van der Waals surface area (Å²) in [6.45, 7) is 0. The Morgan fingerprint density at radius 3 is 2.66 bits per heavy atom. The third-order valence-corrected chi connectivity index (χ3v) is 7.05. The molecule has 2 N–H and O–H groups in total. The smallest absolute Gasteiger partial charge is 0.255 e. The van der Waals surface area contributed by atoms with E-state index in [0.29, 0.717) is 37.9 Å². The van der Waals surface area contributed by atoms with Gasteiger partial charge in [-0.2, -0.15) is 0 Å². The summed E-state index contributed by atoms with van der Waals surface area (Å²) in [5.74, 6) is 0.355. The zero-order valence-corrected chi connectivity index (χ0v) is 21.5. The number of carbonyl (C=O) groups excluding carboxylic acids is 2. The van der Waals surface area contributed by atoms with Gasteiger partial charge in [0.1, 0.15) is 5.75 Å². The Labute approximate surface area is 220 Å². The van der Waals surface area contributed by atoms with Crippen LogP contribution in [0.25, 0.3) is 11.3 Å². The number of carbonyl (C=O) groups is 2. The molecule has 178 valence electrons. The number of anilines is 2. The first-order valence-corrected chi connectivity index (χ1v) is 12.9. The number of thiazole rings is 1. The molecule has 0 spiro atoms. The van der Waals surface area contributed by atoms with Gasteiger partial charge in [-0.1, -0.05) is 35.3 Å². The van der Waals surface area contributed by atoms with Gasteiger partial charge in [0.15, 0.2) is 5.13 Å². The maximum Gasteiger partial charge on any atom is 0.255 e. The minimum absolute atomic E-state index is 0.184. The first-order chi connectivity index (χ1) is 16.9. The number of aromatic nitrogens is 1. The van der Waals surface area contributed by atoms with Crippen molar-refractivity contribution in [1.29, 1.82) is 0 Å². The van der Waals surface area contributed by atoms with Crippen LogP contribution >= 0.6 is 46.3 Å². The van der Waals surface area contributed by atoms with Crippen LogP contribution in [-0.4, -0.2) is 29.7 Å². The summed E-state index contributed by atoms with van der Waals surface area (Å²) in [7, 11) is 1.55. The number of nitrogens with one attached hydrogen (secondary N) is 2. The normalized spacial score (nSPS) is 10.6. The number of methoxy groups -OCH3 is 1. The van der Waals surface area contributed by atoms with Crippen LogP contribution in [0.1, 0.15) is 10.4 Å². The number of hydrogen-bond donors (Lipinski definition) is 2. The van der Waals surface area contributed by atoms with E-state index >= 15 is 0 Å². The maximum absolute atomic E-state index is 12.5. The van der Waals surface area contributed by atoms with Gasteiger partial charge in [0.2, 0.25) is 5.91 Å². The van der Waals surface area contributed by atoms with E-state index in [1.165, 1.54) is 23.1 Å². The molecule has 3 aromatic carbocycles. The number of benzene rings is 3. The predicted molar refractivity (Wildman–Crippen MR) is 144 cm³/mol. The van der Waals surface area contributed by atoms with E-state index < -0.39 is 0 Å². The van der Waals surface area contributed by atoms with Crippen LogP contribution in [-0.2, 0) is 4.79 Å². The molecule has 6 nitrogen and oxygen atoms in total. The SMILES string of the molecule is COc1cccc(C(=O)Nc2cccc(SCC(=O)Nc3nc(-c4ccc(Cl)cc4Cl)cs3)c2)c1. The van der Waals surface area contributed by atoms with Crippen molar-refractivity contribution in [2.45, 2.75) is 4.90 Å². The highest BCUT2D eigenvalue weighted by molar-refractivity contribution is 8.00. The van der Waals surface area contributed by atoms with Crippen LogP contribution < -0.4 is 15.4 Å². The highest BCUT2D eigenvalue weighted by Gasteiger charge is 2.12. The van der Waals surface area contributed by atoms with Crippen LogP contribution in [0, 0.1) is 0 Å². The minimum Gasteiger partial charge on any atom is -0.497 e. The molecule has 0 saturated heterocycles. The van der Waals surface area contributed by atoms with E-state index in [1.807, 2.05) is 23.6 Å². The summed E-state index contributed by atoms with van der Waals surface area (Å²) < 4.78 is 5.17. The maximum atomic E-state index is 12.5. The predicted octanol–water partition coefficient (Wildman–Crippen LogP) is 7.11. The Bertz CT molecular complexity index is 1380. The number of ether oxygens (including phenoxy) is 1. The van der Waals surface area contributed by atoms with E-state index in [2.05, 4.69) is 15.6 Å². The molecule has 0 saturated carbocycles. The summed E-state index contributed by atoms with van der Waals surface area (Å²) in [5.41, 5.74) is 2.53. The fourth-order valence-electron chi connectivity index (χ4n) is 3.09. The average molecular weight is 544 g/mol. The van der Waals surface area contributed by atoms with Gasteiger partial charge >= 0.3 is 0 Å². The van der Waals surface area contributed by atoms with E-state index in [9.17, 15) is 9.59 Å². The molecule has 0 aliphatic heterocycles. The molecule has 0 radical (unpaired) electrons. The molecule has 0 bridgehead atoms. The third-order valence-electron chi connectivity index (χ3n) is 4.75. The van der Waals surface area contributed by atoms with Crippen molar-refractivity contribution >= 4 is 68.9 Å². The lowest BCUT2D eigenvalue weighted by Gasteiger charge is -2.08. The number of amides is 2. The van der Waals surface area contributed by atoms with Gasteiger partial charge in [-0.3, -0.25) is 9.59 Å². The Morgan fingerprint density at radius 2 is 1.86 bits per heavy atom. The summed E-state index contributed by atoms with van der Waals surface area (Å²) in [6.07, 6.45) is 0. The number of thioether (sulfide) groups is 1. The lowest BCUT2D eigenvalue weighted by molar-refractivity contribution is -0.113. The second-order valence-electron chi connectivity index (χ2n) is 7.21. The van der Waals surface area contributed by atoms with Crippen molar-refractivity contribution in [1.82, 2.24) is 4.98 Å². The highest BCUT2D eigenvalue weighted by Crippen LogP contribution is 2.32. The molecule has 1 aromatic heterocycles. The zero-order valence-electron chi connectivity index (χ0n) is 18.4. The quantitative estimate of drug-likeness (QED) is 0.231. The standard InChI is InChI=1S/C25H19Cl2N3O3S2/c1-33-18-6-2-4-15(10-18)24(32)28-17-5-3-7-19(12-17)34-14-23(31)30-25-29-22(13-35-25)20-9-8-16(26)11-21(20)27/h2-13H,14H2,1H3,(H,28,32)(H,29,30,31). The van der Waals surface area contributed by atoms with Gasteiger partial charge in [-0.15, -0.1) is 23.1 Å². The average Bonchev–Trinajstić information content (AvgIpc) is 3.31. The van der Waals surface area contributed by atoms with Crippen LogP contribution in [0.5, 0.6) is 5.75 Å². The Kier molecular flexibility index (Phi) is 8.30. The fraction of sp³-hybridized carbons (Fsp3) is 0.0800. The molecule has 0 aliphatic rings. The summed E-state index contributed by atoms with van der Waals surface area (Å²) in [4.78, 5) is 30.3. The van der Waals surface area contributed by atoms with E-state index in [1.54, 1.807) is 55.6 Å². The molecule has 0 fully saturated rings. The van der Waals surface area contributed by atoms with Crippen LogP contribution in [0.2, 0.25) is 10.0 Å². The first kappa shape index (κ1) is 25.1. The fourth-order valence-corrected chi connectivity index (χ4v) is 5.07. The van der Waals surface area contributed by atoms with E-state index in [4.69, 9.17) is 27.9 Å². The second kappa shape index (κ2) is 11.6. The number of hydrogen-bond acceptors (Lipinski definition) is 6. The molecule has 0 atom stereocenters. The molecular weight excluding hydrogens is 525 g/mol. The summed E-state index contributed by atoms with van der Waals surface area (Å²) in [5, 5.41) is 9.03. The van der Waals surface area contributed by atoms with Crippen molar-refractivity contribution in [2.75, 3.05) is 23.5 Å². The van der Waals surface area contributed by atoms with Crippen LogP contribution in [0.3, 0.4) is 0 Å². The topological polar surface area (TPSA) is 80.3 Å². The molecule has 35 heavy (non-hydrogen) atoms. The first-order valence-electron chi connectivity index (χ1n) is 10.3. The van der Waals surface area contributed by atoms with Gasteiger partial charge in [0, 0.05) is 32.1 Å². The molecular formula is C25H19Cl2N3O3S2. The Balaban J connectivity index is 1.33. The molecule has 0 unspecified atom stereocenters. The molecule has 0 aliphatic carbocycles. The van der Waals surface area contributed by atoms with Crippen molar-refractivity contribution in [3.05, 3.63) is 87.7 Å². The molecule has 4 rings (SSSR count). The van der Waals surface area contributed by atoms with E-state index in [-0.39, 0.29) is 17.6 Å². The lowest BCUT2D eigenvalue weighted by atomic mass is 10.2. The Morgan fingerprint density at radius 1 is 1.03 bits per heavy atom. The monoisotopic (exact) mass is 543 g/mol. The van der Waals surface area contributed by atoms with Crippen molar-refractivity contribution in [3.63, 3.8) is 0 Å². The third kappa shape index (κ3) is 6.76. The second-order valence-corrected chi connectivity index (χ2v) is 9.96. The Hall–Kier alpha value is -3.04. The van der Waals surface area contributed by atoms with Gasteiger partial charge in [-0.25, -0.2) is 4.98 Å². The minimum atomic E-state index is -0.246. The van der Waals surface area contributed by atoms with Crippen molar-refractivity contribution in [3.8, 4) is 17.0 Å². The van der Waals surface area contributed by atoms with Gasteiger partial charge in [0.25, 0.3) is 5.91 Å². The molecule has 4 aromatic rings. The van der Waals surface area contributed by atoms with Crippen molar-refractivity contribution < 1.29 is 14.3 Å². The summed E-state index contributed by atoms with van der Waals surface area (Å²) >= 11 is 14.9. The molecule has 1 heterocycles. The van der Waals surface area contributed by atoms with Gasteiger partial charge < -0.3 is 15.4 Å². The van der Waals surface area contributed by atoms with Gasteiger partial charge in [0.05, 0.1) is 23.6 Å². The number of nitrogens with zero attached hydrogens (tertiary/aromatic N) is 1. The van der Waals surface area contributed by atoms with Gasteiger partial charge in [-0.05, 0) is 54.6 Å². The molecule has 2 amide bonds.